The van der Waals surface area contributed by atoms with Crippen LogP contribution in [0.25, 0.3) is 22.2 Å². The number of rotatable bonds is 5. The van der Waals surface area contributed by atoms with Crippen molar-refractivity contribution in [3.8, 4) is 11.3 Å². The van der Waals surface area contributed by atoms with Crippen LogP contribution in [-0.2, 0) is 4.79 Å². The molecule has 0 saturated carbocycles. The predicted octanol–water partition coefficient (Wildman–Crippen LogP) is 4.34. The molecule has 10 heteroatoms. The van der Waals surface area contributed by atoms with Gasteiger partial charge in [0.15, 0.2) is 0 Å². The van der Waals surface area contributed by atoms with Gasteiger partial charge in [-0.25, -0.2) is 4.39 Å². The van der Waals surface area contributed by atoms with Gasteiger partial charge in [-0.15, -0.1) is 0 Å². The third kappa shape index (κ3) is 5.01. The fourth-order valence-corrected chi connectivity index (χ4v) is 5.93. The molecule has 5 heterocycles. The number of fused-ring (bicyclic) bond motifs is 3. The number of piperazine rings is 1. The number of amides is 3. The average Bonchev–Trinajstić information content (AvgIpc) is 3.70. The monoisotopic (exact) mass is 568 g/mol. The minimum Gasteiger partial charge on any atom is -0.351 e. The van der Waals surface area contributed by atoms with Crippen molar-refractivity contribution < 1.29 is 18.8 Å². The van der Waals surface area contributed by atoms with E-state index in [9.17, 15) is 18.8 Å². The first-order valence-electron chi connectivity index (χ1n) is 14.1. The SMILES string of the molecule is Cc1nc(-c2ccc(C(=O)N3C[C@@H]4C[C@H]3CN4C(=O)[C@@H](NC(=O)c3cc4ccccc4[nH]3)C(C)(C)C)nc2)ccc1F. The molecule has 3 atom stereocenters. The summed E-state index contributed by atoms with van der Waals surface area (Å²) in [5, 5.41) is 3.90. The van der Waals surface area contributed by atoms with Crippen molar-refractivity contribution in [2.75, 3.05) is 13.1 Å². The van der Waals surface area contributed by atoms with Crippen molar-refractivity contribution in [1.29, 1.82) is 0 Å². The Morgan fingerprint density at radius 1 is 1.02 bits per heavy atom. The number of carbonyl (C=O) groups excluding carboxylic acids is 3. The molecule has 0 spiro atoms. The number of H-pyrrole nitrogens is 1. The van der Waals surface area contributed by atoms with E-state index in [4.69, 9.17) is 0 Å². The Morgan fingerprint density at radius 2 is 1.76 bits per heavy atom. The van der Waals surface area contributed by atoms with Gasteiger partial charge in [0.1, 0.15) is 23.2 Å². The van der Waals surface area contributed by atoms with Gasteiger partial charge in [0.2, 0.25) is 5.91 Å². The molecular formula is C32H33FN6O3. The van der Waals surface area contributed by atoms with Gasteiger partial charge in [-0.3, -0.25) is 24.4 Å². The van der Waals surface area contributed by atoms with Crippen molar-refractivity contribution in [2.24, 2.45) is 5.41 Å². The lowest BCUT2D eigenvalue weighted by atomic mass is 9.85. The van der Waals surface area contributed by atoms with Crippen molar-refractivity contribution in [1.82, 2.24) is 30.1 Å². The number of nitrogens with one attached hydrogen (secondary N) is 2. The van der Waals surface area contributed by atoms with Gasteiger partial charge in [0.25, 0.3) is 11.8 Å². The molecule has 0 radical (unpaired) electrons. The highest BCUT2D eigenvalue weighted by Gasteiger charge is 2.50. The van der Waals surface area contributed by atoms with E-state index in [1.165, 1.54) is 6.07 Å². The zero-order valence-corrected chi connectivity index (χ0v) is 24.0. The molecule has 42 heavy (non-hydrogen) atoms. The largest absolute Gasteiger partial charge is 0.351 e. The van der Waals surface area contributed by atoms with Gasteiger partial charge >= 0.3 is 0 Å². The standard InChI is InChI=1S/C32H33FN6O3/c1-18-23(33)10-12-25(35-18)20-9-11-26(34-15-20)30(41)38-16-22-14-21(38)17-39(22)31(42)28(32(2,3)4)37-29(40)27-13-19-7-5-6-8-24(19)36-27/h5-13,15,21-22,28,36H,14,16-17H2,1-4H3,(H,37,40)/t21-,22-,28+/m0/s1. The molecule has 4 aromatic rings. The summed E-state index contributed by atoms with van der Waals surface area (Å²) >= 11 is 0. The van der Waals surface area contributed by atoms with Gasteiger partial charge in [-0.05, 0) is 55.2 Å². The third-order valence-electron chi connectivity index (χ3n) is 8.25. The highest BCUT2D eigenvalue weighted by Crippen LogP contribution is 2.34. The Kier molecular flexibility index (Phi) is 6.79. The van der Waals surface area contributed by atoms with Crippen molar-refractivity contribution >= 4 is 28.6 Å². The van der Waals surface area contributed by atoms with Crippen LogP contribution in [0.4, 0.5) is 4.39 Å². The Bertz CT molecular complexity index is 1660. The van der Waals surface area contributed by atoms with Crippen LogP contribution in [0, 0.1) is 18.2 Å². The predicted molar refractivity (Wildman–Crippen MR) is 156 cm³/mol. The topological polar surface area (TPSA) is 111 Å². The van der Waals surface area contributed by atoms with Crippen LogP contribution >= 0.6 is 0 Å². The second-order valence-corrected chi connectivity index (χ2v) is 12.2. The number of aryl methyl sites for hydroxylation is 1. The van der Waals surface area contributed by atoms with Crippen molar-refractivity contribution in [3.63, 3.8) is 0 Å². The van der Waals surface area contributed by atoms with E-state index in [0.717, 1.165) is 10.9 Å². The van der Waals surface area contributed by atoms with Crippen molar-refractivity contribution in [3.05, 3.63) is 83.7 Å². The average molecular weight is 569 g/mol. The van der Waals surface area contributed by atoms with Gasteiger partial charge < -0.3 is 20.1 Å². The molecule has 3 amide bonds. The number of halogens is 1. The summed E-state index contributed by atoms with van der Waals surface area (Å²) in [5.41, 5.74) is 2.61. The maximum Gasteiger partial charge on any atom is 0.272 e. The van der Waals surface area contributed by atoms with E-state index in [2.05, 4.69) is 20.3 Å². The van der Waals surface area contributed by atoms with Crippen LogP contribution < -0.4 is 5.32 Å². The number of carbonyl (C=O) groups is 3. The van der Waals surface area contributed by atoms with Crippen LogP contribution in [0.15, 0.2) is 60.8 Å². The maximum absolute atomic E-state index is 13.8. The number of pyridine rings is 2. The molecule has 1 aromatic carbocycles. The Hall–Kier alpha value is -4.60. The normalized spacial score (nSPS) is 18.9. The number of hydrogen-bond acceptors (Lipinski definition) is 5. The van der Waals surface area contributed by atoms with Crippen LogP contribution in [0.5, 0.6) is 0 Å². The lowest BCUT2D eigenvalue weighted by molar-refractivity contribution is -0.138. The van der Waals surface area contributed by atoms with Gasteiger partial charge in [-0.2, -0.15) is 0 Å². The van der Waals surface area contributed by atoms with E-state index >= 15 is 0 Å². The van der Waals surface area contributed by atoms with Crippen LogP contribution in [-0.4, -0.2) is 73.7 Å². The molecule has 2 saturated heterocycles. The highest BCUT2D eigenvalue weighted by atomic mass is 19.1. The van der Waals surface area contributed by atoms with Crippen molar-refractivity contribution in [2.45, 2.75) is 52.2 Å². The minimum atomic E-state index is -0.738. The Balaban J connectivity index is 1.13. The molecule has 0 unspecified atom stereocenters. The molecule has 2 aliphatic heterocycles. The first-order valence-corrected chi connectivity index (χ1v) is 14.1. The van der Waals surface area contributed by atoms with E-state index in [0.29, 0.717) is 47.8 Å². The third-order valence-corrected chi connectivity index (χ3v) is 8.25. The molecule has 3 aromatic heterocycles. The summed E-state index contributed by atoms with van der Waals surface area (Å²) in [5.74, 6) is -1.04. The maximum atomic E-state index is 13.8. The molecule has 9 nitrogen and oxygen atoms in total. The van der Waals surface area contributed by atoms with E-state index in [1.54, 1.807) is 42.3 Å². The summed E-state index contributed by atoms with van der Waals surface area (Å²) in [6, 6.07) is 14.8. The van der Waals surface area contributed by atoms with E-state index in [-0.39, 0.29) is 35.6 Å². The van der Waals surface area contributed by atoms with Gasteiger partial charge in [-0.1, -0.05) is 39.0 Å². The smallest absolute Gasteiger partial charge is 0.272 e. The number of aromatic amines is 1. The highest BCUT2D eigenvalue weighted by molar-refractivity contribution is 6.00. The summed E-state index contributed by atoms with van der Waals surface area (Å²) in [7, 11) is 0. The molecule has 2 fully saturated rings. The number of hydrogen-bond donors (Lipinski definition) is 2. The first kappa shape index (κ1) is 27.6. The zero-order chi connectivity index (χ0) is 29.8. The lowest BCUT2D eigenvalue weighted by Gasteiger charge is -2.39. The zero-order valence-electron chi connectivity index (χ0n) is 24.0. The quantitative estimate of drug-likeness (QED) is 0.372. The molecule has 2 bridgehead atoms. The number of para-hydroxylation sites is 1. The summed E-state index contributed by atoms with van der Waals surface area (Å²) in [6.07, 6.45) is 2.25. The number of benzene rings is 1. The summed E-state index contributed by atoms with van der Waals surface area (Å²) in [4.78, 5) is 55.8. The second-order valence-electron chi connectivity index (χ2n) is 12.2. The minimum absolute atomic E-state index is 0.126. The van der Waals surface area contributed by atoms with Gasteiger partial charge in [0.05, 0.1) is 23.5 Å². The fraction of sp³-hybridized carbons (Fsp3) is 0.344. The molecule has 2 aliphatic rings. The Morgan fingerprint density at radius 3 is 2.40 bits per heavy atom. The van der Waals surface area contributed by atoms with Crippen LogP contribution in [0.2, 0.25) is 0 Å². The van der Waals surface area contributed by atoms with Crippen LogP contribution in [0.1, 0.15) is 53.9 Å². The van der Waals surface area contributed by atoms with Crippen LogP contribution in [0.3, 0.4) is 0 Å². The molecule has 0 aliphatic carbocycles. The number of nitrogens with zero attached hydrogens (tertiary/aromatic N) is 4. The lowest BCUT2D eigenvalue weighted by Crippen LogP contribution is -2.59. The molecule has 2 N–H and O–H groups in total. The molecule has 216 valence electrons. The second kappa shape index (κ2) is 10.3. The Labute approximate surface area is 243 Å². The molecule has 6 rings (SSSR count). The summed E-state index contributed by atoms with van der Waals surface area (Å²) < 4.78 is 13.6. The molecular weight excluding hydrogens is 535 g/mol. The summed E-state index contributed by atoms with van der Waals surface area (Å²) in [6.45, 7) is 8.21. The van der Waals surface area contributed by atoms with E-state index < -0.39 is 11.5 Å². The first-order chi connectivity index (χ1) is 20.0. The number of likely N-dealkylation sites (tertiary alicyclic amines) is 2. The van der Waals surface area contributed by atoms with Gasteiger partial charge in [0, 0.05) is 35.8 Å². The number of aromatic nitrogens is 3. The van der Waals surface area contributed by atoms with E-state index in [1.807, 2.05) is 49.9 Å². The fourth-order valence-electron chi connectivity index (χ4n) is 5.93.